The van der Waals surface area contributed by atoms with Crippen molar-refractivity contribution >= 4 is 6.98 Å². The standard InChI is InChI=1S/C12H16BF3N.K/c14-13(15,16)10-17-8-6-12(7-9-17)11-4-2-1-3-5-11;/h1-5,12H,6-10H2;/q-1;+1. The summed E-state index contributed by atoms with van der Waals surface area (Å²) in [6, 6.07) is 10.1. The van der Waals surface area contributed by atoms with Gasteiger partial charge in [-0.1, -0.05) is 30.3 Å². The summed E-state index contributed by atoms with van der Waals surface area (Å²) in [5.74, 6) is 0.424. The van der Waals surface area contributed by atoms with Crippen molar-refractivity contribution < 1.29 is 64.3 Å². The Morgan fingerprint density at radius 1 is 1.06 bits per heavy atom. The van der Waals surface area contributed by atoms with Crippen LogP contribution in [0.1, 0.15) is 24.3 Å². The van der Waals surface area contributed by atoms with E-state index >= 15 is 0 Å². The molecule has 94 valence electrons. The molecule has 6 heteroatoms. The molecular formula is C12H16BF3KN. The van der Waals surface area contributed by atoms with E-state index in [1.165, 1.54) is 10.5 Å². The maximum Gasteiger partial charge on any atom is 1.00 e. The van der Waals surface area contributed by atoms with E-state index in [4.69, 9.17) is 0 Å². The van der Waals surface area contributed by atoms with E-state index in [0.29, 0.717) is 19.0 Å². The van der Waals surface area contributed by atoms with E-state index in [2.05, 4.69) is 12.1 Å². The number of hydrogen-bond donors (Lipinski definition) is 0. The zero-order valence-corrected chi connectivity index (χ0v) is 13.8. The van der Waals surface area contributed by atoms with Crippen molar-refractivity contribution in [3.63, 3.8) is 0 Å². The monoisotopic (exact) mass is 281 g/mol. The van der Waals surface area contributed by atoms with Gasteiger partial charge in [0.1, 0.15) is 0 Å². The van der Waals surface area contributed by atoms with Crippen LogP contribution in [0.15, 0.2) is 30.3 Å². The number of piperidine rings is 1. The molecule has 1 heterocycles. The number of hydrogen-bond acceptors (Lipinski definition) is 1. The largest absolute Gasteiger partial charge is 1.00 e. The molecule has 0 N–H and O–H groups in total. The summed E-state index contributed by atoms with van der Waals surface area (Å²) in [6.45, 7) is -3.56. The van der Waals surface area contributed by atoms with Crippen molar-refractivity contribution in [3.8, 4) is 0 Å². The Hall–Kier alpha value is 0.671. The van der Waals surface area contributed by atoms with E-state index in [1.807, 2.05) is 18.2 Å². The van der Waals surface area contributed by atoms with Gasteiger partial charge in [0.15, 0.2) is 0 Å². The van der Waals surface area contributed by atoms with Crippen molar-refractivity contribution in [1.82, 2.24) is 4.90 Å². The van der Waals surface area contributed by atoms with Gasteiger partial charge in [-0.3, -0.25) is 0 Å². The fourth-order valence-corrected chi connectivity index (χ4v) is 2.47. The summed E-state index contributed by atoms with van der Waals surface area (Å²) >= 11 is 0. The first-order chi connectivity index (χ1) is 8.04. The predicted octanol–water partition coefficient (Wildman–Crippen LogP) is 0.257. The zero-order valence-electron chi connectivity index (χ0n) is 10.7. The molecule has 0 unspecified atom stereocenters. The Morgan fingerprint density at radius 2 is 1.61 bits per heavy atom. The second kappa shape index (κ2) is 7.45. The average molecular weight is 281 g/mol. The topological polar surface area (TPSA) is 3.24 Å². The van der Waals surface area contributed by atoms with Crippen LogP contribution in [0, 0.1) is 0 Å². The maximum atomic E-state index is 12.3. The van der Waals surface area contributed by atoms with Gasteiger partial charge in [-0.15, -0.1) is 0 Å². The Bertz CT molecular complexity index is 350. The minimum Gasteiger partial charge on any atom is -0.448 e. The van der Waals surface area contributed by atoms with Crippen molar-refractivity contribution in [2.24, 2.45) is 0 Å². The van der Waals surface area contributed by atoms with Gasteiger partial charge in [0.25, 0.3) is 0 Å². The summed E-state index contributed by atoms with van der Waals surface area (Å²) in [7, 11) is 0. The van der Waals surface area contributed by atoms with Crippen LogP contribution < -0.4 is 51.4 Å². The zero-order chi connectivity index (χ0) is 12.3. The molecule has 1 aliphatic rings. The van der Waals surface area contributed by atoms with Crippen LogP contribution in [0.4, 0.5) is 12.9 Å². The number of benzene rings is 1. The predicted molar refractivity (Wildman–Crippen MR) is 63.9 cm³/mol. The molecule has 2 rings (SSSR count). The molecule has 0 atom stereocenters. The normalized spacial score (nSPS) is 18.4. The summed E-state index contributed by atoms with van der Waals surface area (Å²) in [4.78, 5) is 1.53. The quantitative estimate of drug-likeness (QED) is 0.718. The van der Waals surface area contributed by atoms with Crippen molar-refractivity contribution in [3.05, 3.63) is 35.9 Å². The van der Waals surface area contributed by atoms with E-state index in [1.54, 1.807) is 0 Å². The van der Waals surface area contributed by atoms with Crippen LogP contribution in [0.3, 0.4) is 0 Å². The number of likely N-dealkylation sites (tertiary alicyclic amines) is 1. The molecule has 1 aliphatic heterocycles. The van der Waals surface area contributed by atoms with Crippen LogP contribution in [0.25, 0.3) is 0 Å². The summed E-state index contributed by atoms with van der Waals surface area (Å²) in [6.07, 6.45) is 0.952. The first-order valence-electron chi connectivity index (χ1n) is 6.03. The molecule has 0 aliphatic carbocycles. The van der Waals surface area contributed by atoms with Crippen LogP contribution >= 0.6 is 0 Å². The van der Waals surface area contributed by atoms with E-state index in [-0.39, 0.29) is 51.4 Å². The second-order valence-corrected chi connectivity index (χ2v) is 4.70. The molecule has 0 amide bonds. The third-order valence-corrected chi connectivity index (χ3v) is 3.32. The number of nitrogens with zero attached hydrogens (tertiary/aromatic N) is 1. The Morgan fingerprint density at radius 3 is 2.11 bits per heavy atom. The van der Waals surface area contributed by atoms with Crippen LogP contribution in [-0.4, -0.2) is 31.4 Å². The Balaban J connectivity index is 0.00000162. The Kier molecular flexibility index (Phi) is 6.92. The second-order valence-electron chi connectivity index (χ2n) is 4.70. The summed E-state index contributed by atoms with van der Waals surface area (Å²) in [5.41, 5.74) is 1.25. The molecule has 1 saturated heterocycles. The van der Waals surface area contributed by atoms with Gasteiger partial charge >= 0.3 is 58.4 Å². The molecule has 1 aromatic rings. The molecule has 18 heavy (non-hydrogen) atoms. The molecule has 0 radical (unpaired) electrons. The third-order valence-electron chi connectivity index (χ3n) is 3.32. The van der Waals surface area contributed by atoms with Gasteiger partial charge in [0.2, 0.25) is 0 Å². The van der Waals surface area contributed by atoms with Gasteiger partial charge in [-0.25, -0.2) is 0 Å². The van der Waals surface area contributed by atoms with Crippen LogP contribution in [0.2, 0.25) is 0 Å². The fraction of sp³-hybridized carbons (Fsp3) is 0.500. The third kappa shape index (κ3) is 5.35. The van der Waals surface area contributed by atoms with Crippen molar-refractivity contribution in [1.29, 1.82) is 0 Å². The molecule has 0 spiro atoms. The summed E-state index contributed by atoms with van der Waals surface area (Å²) in [5, 5.41) is 0. The molecule has 1 aromatic carbocycles. The first-order valence-corrected chi connectivity index (χ1v) is 6.03. The molecule has 1 nitrogen and oxygen atoms in total. The summed E-state index contributed by atoms with van der Waals surface area (Å²) < 4.78 is 36.8. The van der Waals surface area contributed by atoms with Gasteiger partial charge < -0.3 is 17.8 Å². The molecule has 0 saturated carbocycles. The first kappa shape index (κ1) is 16.7. The van der Waals surface area contributed by atoms with E-state index in [0.717, 1.165) is 12.8 Å². The molecule has 1 fully saturated rings. The van der Waals surface area contributed by atoms with Crippen molar-refractivity contribution in [2.45, 2.75) is 18.8 Å². The van der Waals surface area contributed by atoms with E-state index in [9.17, 15) is 12.9 Å². The molecule has 0 bridgehead atoms. The van der Waals surface area contributed by atoms with Gasteiger partial charge in [-0.2, -0.15) is 0 Å². The SMILES string of the molecule is F[B-](F)(F)CN1CCC(c2ccccc2)CC1.[K+]. The van der Waals surface area contributed by atoms with Gasteiger partial charge in [-0.05, 0) is 43.9 Å². The van der Waals surface area contributed by atoms with E-state index < -0.39 is 13.4 Å². The average Bonchev–Trinajstić information content (AvgIpc) is 2.29. The van der Waals surface area contributed by atoms with Gasteiger partial charge in [0, 0.05) is 0 Å². The molecular weight excluding hydrogens is 265 g/mol. The Labute approximate surface area is 149 Å². The van der Waals surface area contributed by atoms with Crippen LogP contribution in [-0.2, 0) is 0 Å². The fourth-order valence-electron chi connectivity index (χ4n) is 2.47. The minimum absolute atomic E-state index is 0. The van der Waals surface area contributed by atoms with Crippen LogP contribution in [0.5, 0.6) is 0 Å². The smallest absolute Gasteiger partial charge is 0.448 e. The van der Waals surface area contributed by atoms with Gasteiger partial charge in [0.05, 0.1) is 0 Å². The number of rotatable bonds is 3. The minimum atomic E-state index is -4.68. The van der Waals surface area contributed by atoms with Crippen molar-refractivity contribution in [2.75, 3.05) is 19.5 Å². The number of halogens is 3. The maximum absolute atomic E-state index is 12.3. The molecule has 0 aromatic heterocycles.